The number of rotatable bonds is 16. The van der Waals surface area contributed by atoms with Gasteiger partial charge in [0.2, 0.25) is 35.4 Å². The lowest BCUT2D eigenvalue weighted by Crippen LogP contribution is -2.60. The van der Waals surface area contributed by atoms with E-state index >= 15 is 0 Å². The second-order valence-electron chi connectivity index (χ2n) is 17.8. The number of amides is 7. The largest absolute Gasteiger partial charge is 0.451 e. The number of cyclic esters (lactones) is 1. The normalized spacial score (nSPS) is 26.6. The molecule has 0 aromatic rings. The first kappa shape index (κ1) is 56.8. The first-order chi connectivity index (χ1) is 29.6. The number of likely N-dealkylation sites (N-methyl/N-ethyl adjacent to an activating group) is 7. The van der Waals surface area contributed by atoms with Crippen LogP contribution in [0.3, 0.4) is 0 Å². The highest BCUT2D eigenvalue weighted by molar-refractivity contribution is 5.97. The van der Waals surface area contributed by atoms with Crippen LogP contribution in [0.25, 0.3) is 0 Å². The second-order valence-corrected chi connectivity index (χ2v) is 17.8. The summed E-state index contributed by atoms with van der Waals surface area (Å²) < 4.78 is 5.91. The Kier molecular flexibility index (Phi) is 25.1. The second kappa shape index (κ2) is 27.8. The van der Waals surface area contributed by atoms with Crippen molar-refractivity contribution in [2.45, 2.75) is 207 Å². The topological polar surface area (TPSA) is 168 Å². The third-order valence-electron chi connectivity index (χ3n) is 13.3. The zero-order chi connectivity index (χ0) is 48.3. The lowest BCUT2D eigenvalue weighted by molar-refractivity contribution is -0.168. The molecule has 16 nitrogen and oxygen atoms in total. The molecule has 16 heteroatoms. The number of unbranched alkanes of at least 4 members (excludes halogenated alkanes) is 8. The quantitative estimate of drug-likeness (QED) is 0.151. The van der Waals surface area contributed by atoms with Crippen LogP contribution in [0.4, 0.5) is 0 Å². The summed E-state index contributed by atoms with van der Waals surface area (Å²) in [6.45, 7) is 14.3. The molecule has 0 bridgehead atoms. The van der Waals surface area contributed by atoms with Gasteiger partial charge in [0.1, 0.15) is 42.3 Å². The van der Waals surface area contributed by atoms with Crippen molar-refractivity contribution in [3.63, 3.8) is 0 Å². The van der Waals surface area contributed by atoms with Crippen molar-refractivity contribution < 1.29 is 43.1 Å². The van der Waals surface area contributed by atoms with Gasteiger partial charge in [0.05, 0.1) is 0 Å². The van der Waals surface area contributed by atoms with Crippen LogP contribution in [0.5, 0.6) is 0 Å². The van der Waals surface area contributed by atoms with Gasteiger partial charge in [-0.05, 0) is 59.8 Å². The maximum absolute atomic E-state index is 14.5. The molecule has 0 unspecified atom stereocenters. The monoisotopic (exact) mass is 892 g/mol. The molecular formula is C47H85N7O9. The van der Waals surface area contributed by atoms with Crippen molar-refractivity contribution in [1.82, 2.24) is 34.3 Å². The van der Waals surface area contributed by atoms with Crippen LogP contribution >= 0.6 is 0 Å². The van der Waals surface area contributed by atoms with Gasteiger partial charge >= 0.3 is 5.97 Å². The number of carbonyl (C=O) groups excluding carboxylic acids is 8. The third-order valence-corrected chi connectivity index (χ3v) is 13.3. The van der Waals surface area contributed by atoms with Crippen molar-refractivity contribution in [1.29, 1.82) is 0 Å². The Balaban J connectivity index is 4.01. The van der Waals surface area contributed by atoms with Gasteiger partial charge < -0.3 is 39.0 Å². The Bertz CT molecular complexity index is 1530. The molecule has 0 radical (unpaired) electrons. The number of hydrogen-bond donors (Lipinski definition) is 0. The molecule has 362 valence electrons. The van der Waals surface area contributed by atoms with Crippen molar-refractivity contribution in [3.8, 4) is 0 Å². The summed E-state index contributed by atoms with van der Waals surface area (Å²) >= 11 is 0. The predicted octanol–water partition coefficient (Wildman–Crippen LogP) is 5.10. The van der Waals surface area contributed by atoms with Crippen molar-refractivity contribution in [2.75, 3.05) is 49.3 Å². The minimum absolute atomic E-state index is 0.188. The molecule has 1 rings (SSSR count). The number of esters is 1. The SMILES string of the molecule is CCCCC[C@@H]1OC(=O)[C@@H](C)N(C)C(=O)[C@H](CCCCC)N(C)C(=O)[C@@H](C)N(C)C(=O)[C@H](CCCCC)N(C)C(=O)[C@@H](C)N(C)C(=O)[C@H](CCCCC)N(C)C(=O)[C@@H](C)N(C)C1=O. The summed E-state index contributed by atoms with van der Waals surface area (Å²) in [6, 6.07) is -7.20. The van der Waals surface area contributed by atoms with E-state index in [0.29, 0.717) is 44.9 Å². The Morgan fingerprint density at radius 3 is 0.873 bits per heavy atom. The van der Waals surface area contributed by atoms with Crippen molar-refractivity contribution in [2.24, 2.45) is 0 Å². The molecule has 1 aliphatic heterocycles. The van der Waals surface area contributed by atoms with Gasteiger partial charge in [-0.25, -0.2) is 4.79 Å². The first-order valence-electron chi connectivity index (χ1n) is 23.7. The summed E-state index contributed by atoms with van der Waals surface area (Å²) in [7, 11) is 10.5. The third kappa shape index (κ3) is 15.5. The van der Waals surface area contributed by atoms with Crippen molar-refractivity contribution in [3.05, 3.63) is 0 Å². The maximum Gasteiger partial charge on any atom is 0.329 e. The lowest BCUT2D eigenvalue weighted by Gasteiger charge is -2.39. The Hall–Kier alpha value is -4.24. The fourth-order valence-corrected chi connectivity index (χ4v) is 7.96. The van der Waals surface area contributed by atoms with Crippen LogP contribution in [0, 0.1) is 0 Å². The van der Waals surface area contributed by atoms with Crippen LogP contribution in [0.2, 0.25) is 0 Å². The van der Waals surface area contributed by atoms with E-state index in [2.05, 4.69) is 0 Å². The van der Waals surface area contributed by atoms with Gasteiger partial charge in [-0.2, -0.15) is 0 Å². The fraction of sp³-hybridized carbons (Fsp3) is 0.830. The Labute approximate surface area is 379 Å². The highest BCUT2D eigenvalue weighted by Crippen LogP contribution is 2.22. The van der Waals surface area contributed by atoms with Crippen LogP contribution in [-0.4, -0.2) is 179 Å². The van der Waals surface area contributed by atoms with Crippen LogP contribution in [0.15, 0.2) is 0 Å². The van der Waals surface area contributed by atoms with Crippen LogP contribution < -0.4 is 0 Å². The Morgan fingerprint density at radius 1 is 0.333 bits per heavy atom. The summed E-state index contributed by atoms with van der Waals surface area (Å²) in [6.07, 6.45) is 8.90. The van der Waals surface area contributed by atoms with E-state index in [4.69, 9.17) is 4.74 Å². The molecule has 0 aromatic heterocycles. The molecule has 1 aliphatic rings. The molecule has 0 aliphatic carbocycles. The summed E-state index contributed by atoms with van der Waals surface area (Å²) in [5.74, 6) is -4.33. The summed E-state index contributed by atoms with van der Waals surface area (Å²) in [5.41, 5.74) is 0. The van der Waals surface area contributed by atoms with Crippen LogP contribution in [-0.2, 0) is 43.1 Å². The van der Waals surface area contributed by atoms with Gasteiger partial charge in [0.15, 0.2) is 6.10 Å². The van der Waals surface area contributed by atoms with Gasteiger partial charge in [0, 0.05) is 49.3 Å². The molecule has 8 atom stereocenters. The molecule has 63 heavy (non-hydrogen) atoms. The number of ether oxygens (including phenoxy) is 1. The molecule has 0 saturated carbocycles. The molecule has 1 heterocycles. The zero-order valence-electron chi connectivity index (χ0n) is 41.7. The number of carbonyl (C=O) groups is 8. The average Bonchev–Trinajstić information content (AvgIpc) is 3.28. The minimum atomic E-state index is -1.26. The molecular weight excluding hydrogens is 807 g/mol. The predicted molar refractivity (Wildman–Crippen MR) is 245 cm³/mol. The maximum atomic E-state index is 14.5. The van der Waals surface area contributed by atoms with Gasteiger partial charge in [-0.1, -0.05) is 98.3 Å². The van der Waals surface area contributed by atoms with Gasteiger partial charge in [-0.3, -0.25) is 33.6 Å². The van der Waals surface area contributed by atoms with E-state index < -0.39 is 95.7 Å². The molecule has 7 amide bonds. The lowest BCUT2D eigenvalue weighted by atomic mass is 10.0. The van der Waals surface area contributed by atoms with E-state index in [1.54, 1.807) is 20.8 Å². The van der Waals surface area contributed by atoms with E-state index in [9.17, 15) is 38.4 Å². The molecule has 0 aromatic carbocycles. The van der Waals surface area contributed by atoms with Gasteiger partial charge in [0.25, 0.3) is 5.91 Å². The van der Waals surface area contributed by atoms with E-state index in [1.807, 2.05) is 27.7 Å². The van der Waals surface area contributed by atoms with E-state index in [1.165, 1.54) is 90.6 Å². The highest BCUT2D eigenvalue weighted by Gasteiger charge is 2.42. The summed E-state index contributed by atoms with van der Waals surface area (Å²) in [5, 5.41) is 0. The Morgan fingerprint density at radius 2 is 0.587 bits per heavy atom. The molecule has 1 fully saturated rings. The minimum Gasteiger partial charge on any atom is -0.451 e. The van der Waals surface area contributed by atoms with Crippen molar-refractivity contribution >= 4 is 47.3 Å². The average molecular weight is 892 g/mol. The highest BCUT2D eigenvalue weighted by atomic mass is 16.5. The number of hydrogen-bond acceptors (Lipinski definition) is 9. The zero-order valence-corrected chi connectivity index (χ0v) is 41.7. The van der Waals surface area contributed by atoms with Crippen LogP contribution in [0.1, 0.15) is 158 Å². The molecule has 0 spiro atoms. The fourth-order valence-electron chi connectivity index (χ4n) is 7.96. The smallest absolute Gasteiger partial charge is 0.329 e. The number of nitrogens with zero attached hydrogens (tertiary/aromatic N) is 7. The molecule has 0 N–H and O–H groups in total. The summed E-state index contributed by atoms with van der Waals surface area (Å²) in [4.78, 5) is 123. The van der Waals surface area contributed by atoms with E-state index in [-0.39, 0.29) is 6.42 Å². The standard InChI is InChI=1S/C47H85N7O9/c1-16-20-24-28-36-43(58)49(10)33(6)41(56)54(15)38(30-26-22-18-3)45(60)51(12)35(8)47(62)63-39(31-27-23-19-4)46(61)50(11)34(7)42(57)53(14)37(29-25-21-17-2)44(59)48(9)32(5)40(55)52(36)13/h32-39H,16-31H2,1-15H3/t32-,33-,34-,35-,36+,37+,38+,39+/m1/s1. The molecule has 1 saturated heterocycles. The first-order valence-corrected chi connectivity index (χ1v) is 23.7. The van der Waals surface area contributed by atoms with E-state index in [0.717, 1.165) is 51.4 Å². The van der Waals surface area contributed by atoms with Gasteiger partial charge in [-0.15, -0.1) is 0 Å².